The fourth-order valence-electron chi connectivity index (χ4n) is 1.13. The minimum absolute atomic E-state index is 0.633. The fourth-order valence-corrected chi connectivity index (χ4v) is 1.13. The van der Waals surface area contributed by atoms with E-state index in [2.05, 4.69) is 13.8 Å². The van der Waals surface area contributed by atoms with E-state index in [-0.39, 0.29) is 0 Å². The molecule has 1 aromatic rings. The summed E-state index contributed by atoms with van der Waals surface area (Å²) in [6, 6.07) is 7.40. The van der Waals surface area contributed by atoms with Gasteiger partial charge in [0.15, 0.2) is 0 Å². The Morgan fingerprint density at radius 2 is 1.50 bits per heavy atom. The van der Waals surface area contributed by atoms with Gasteiger partial charge in [-0.1, -0.05) is 13.8 Å². The number of benzene rings is 1. The summed E-state index contributed by atoms with van der Waals surface area (Å²) in [6.07, 6.45) is 1.89. The van der Waals surface area contributed by atoms with Crippen LogP contribution in [0.2, 0.25) is 0 Å². The number of nitrogens with zero attached hydrogens (tertiary/aromatic N) is 1. The number of hydrogen-bond donors (Lipinski definition) is 1. The van der Waals surface area contributed by atoms with Crippen LogP contribution in [0.15, 0.2) is 24.3 Å². The molecule has 0 aliphatic carbocycles. The Labute approximate surface area is 96.9 Å². The lowest BCUT2D eigenvalue weighted by Crippen LogP contribution is -2.24. The molecule has 0 spiro atoms. The van der Waals surface area contributed by atoms with Crippen LogP contribution in [0.5, 0.6) is 0 Å². The summed E-state index contributed by atoms with van der Waals surface area (Å²) in [4.78, 5) is 11.0. The van der Waals surface area contributed by atoms with Crippen molar-refractivity contribution in [2.45, 2.75) is 26.7 Å². The first-order valence-electron chi connectivity index (χ1n) is 5.69. The zero-order valence-electron chi connectivity index (χ0n) is 9.98. The van der Waals surface area contributed by atoms with Gasteiger partial charge in [-0.15, -0.1) is 5.23 Å². The Kier molecular flexibility index (Phi) is 5.67. The van der Waals surface area contributed by atoms with Gasteiger partial charge in [-0.3, -0.25) is 0 Å². The van der Waals surface area contributed by atoms with Crippen molar-refractivity contribution in [2.75, 3.05) is 24.2 Å². The van der Waals surface area contributed by atoms with Gasteiger partial charge in [0.25, 0.3) is 0 Å². The van der Waals surface area contributed by atoms with Crippen molar-refractivity contribution in [1.29, 1.82) is 0 Å². The molecule has 0 bridgehead atoms. The highest BCUT2D eigenvalue weighted by atomic mass is 16.9. The van der Waals surface area contributed by atoms with Gasteiger partial charge in [-0.05, 0) is 37.1 Å². The van der Waals surface area contributed by atoms with Crippen molar-refractivity contribution in [3.63, 3.8) is 0 Å². The number of anilines is 2. The van der Waals surface area contributed by atoms with E-state index in [1.807, 2.05) is 24.3 Å². The van der Waals surface area contributed by atoms with Crippen LogP contribution in [-0.2, 0) is 9.68 Å². The maximum Gasteiger partial charge on any atom is 0.0948 e. The molecule has 0 aromatic heterocycles. The monoisotopic (exact) mass is 224 g/mol. The lowest BCUT2D eigenvalue weighted by atomic mass is 10.3. The molecule has 2 N–H and O–H groups in total. The molecule has 1 aromatic carbocycles. The number of hydrogen-bond acceptors (Lipinski definition) is 4. The molecular formula is C12H20N2O2. The third kappa shape index (κ3) is 4.08. The first-order chi connectivity index (χ1) is 7.77. The van der Waals surface area contributed by atoms with Crippen LogP contribution in [0.25, 0.3) is 0 Å². The molecule has 4 nitrogen and oxygen atoms in total. The van der Waals surface area contributed by atoms with Crippen LogP contribution in [0.3, 0.4) is 0 Å². The molecule has 0 radical (unpaired) electrons. The highest BCUT2D eigenvalue weighted by Crippen LogP contribution is 2.17. The Hall–Kier alpha value is -1.26. The lowest BCUT2D eigenvalue weighted by molar-refractivity contribution is -0.0893. The van der Waals surface area contributed by atoms with Crippen LogP contribution in [0.1, 0.15) is 26.7 Å². The summed E-state index contributed by atoms with van der Waals surface area (Å²) in [7, 11) is 0. The average molecular weight is 224 g/mol. The predicted octanol–water partition coefficient (Wildman–Crippen LogP) is 2.76. The van der Waals surface area contributed by atoms with E-state index in [4.69, 9.17) is 15.4 Å². The summed E-state index contributed by atoms with van der Waals surface area (Å²) >= 11 is 0. The van der Waals surface area contributed by atoms with E-state index in [1.54, 1.807) is 0 Å². The third-order valence-corrected chi connectivity index (χ3v) is 1.93. The molecule has 0 atom stereocenters. The van der Waals surface area contributed by atoms with E-state index < -0.39 is 0 Å². The molecule has 0 fully saturated rings. The van der Waals surface area contributed by atoms with Crippen molar-refractivity contribution >= 4 is 11.4 Å². The van der Waals surface area contributed by atoms with Gasteiger partial charge in [0.1, 0.15) is 0 Å². The second kappa shape index (κ2) is 7.09. The Balaban J connectivity index is 2.62. The lowest BCUT2D eigenvalue weighted by Gasteiger charge is -2.22. The van der Waals surface area contributed by atoms with Crippen LogP contribution in [0, 0.1) is 0 Å². The third-order valence-electron chi connectivity index (χ3n) is 1.93. The van der Waals surface area contributed by atoms with Crippen LogP contribution >= 0.6 is 0 Å². The Bertz CT molecular complexity index is 280. The van der Waals surface area contributed by atoms with E-state index >= 15 is 0 Å². The summed E-state index contributed by atoms with van der Waals surface area (Å²) in [6.45, 7) is 5.38. The van der Waals surface area contributed by atoms with Crippen LogP contribution in [0.4, 0.5) is 11.4 Å². The van der Waals surface area contributed by atoms with Crippen molar-refractivity contribution in [3.8, 4) is 0 Å². The fraction of sp³-hybridized carbons (Fsp3) is 0.500. The molecule has 0 heterocycles. The number of nitrogen functional groups attached to an aromatic ring is 1. The first kappa shape index (κ1) is 12.8. The zero-order valence-corrected chi connectivity index (χ0v) is 9.98. The molecule has 0 unspecified atom stereocenters. The maximum atomic E-state index is 5.63. The Morgan fingerprint density at radius 3 is 1.94 bits per heavy atom. The quantitative estimate of drug-likeness (QED) is 0.571. The van der Waals surface area contributed by atoms with Gasteiger partial charge < -0.3 is 5.73 Å². The molecule has 0 aliphatic heterocycles. The summed E-state index contributed by atoms with van der Waals surface area (Å²) < 4.78 is 0. The second-order valence-electron chi connectivity index (χ2n) is 3.52. The van der Waals surface area contributed by atoms with Crippen molar-refractivity contribution in [1.82, 2.24) is 0 Å². The smallest absolute Gasteiger partial charge is 0.0948 e. The van der Waals surface area contributed by atoms with Crippen molar-refractivity contribution < 1.29 is 9.68 Å². The van der Waals surface area contributed by atoms with Crippen molar-refractivity contribution in [3.05, 3.63) is 24.3 Å². The standard InChI is InChI=1S/C12H20N2O2/c1-3-9-15-14(16-10-4-2)12-7-5-11(13)6-8-12/h5-8H,3-4,9-10,13H2,1-2H3. The summed E-state index contributed by atoms with van der Waals surface area (Å²) in [5, 5.41) is 1.46. The summed E-state index contributed by atoms with van der Waals surface area (Å²) in [5.74, 6) is 0. The maximum absolute atomic E-state index is 5.63. The second-order valence-corrected chi connectivity index (χ2v) is 3.52. The van der Waals surface area contributed by atoms with Gasteiger partial charge in [-0.2, -0.15) is 0 Å². The molecule has 4 heteroatoms. The van der Waals surface area contributed by atoms with Gasteiger partial charge in [0.2, 0.25) is 0 Å². The zero-order chi connectivity index (χ0) is 11.8. The molecular weight excluding hydrogens is 204 g/mol. The molecule has 16 heavy (non-hydrogen) atoms. The highest BCUT2D eigenvalue weighted by molar-refractivity contribution is 5.50. The van der Waals surface area contributed by atoms with Gasteiger partial charge in [0.05, 0.1) is 18.9 Å². The topological polar surface area (TPSA) is 47.7 Å². The van der Waals surface area contributed by atoms with E-state index in [0.29, 0.717) is 13.2 Å². The van der Waals surface area contributed by atoms with Gasteiger partial charge in [0, 0.05) is 5.69 Å². The molecule has 1 rings (SSSR count). The normalized spacial score (nSPS) is 10.4. The average Bonchev–Trinajstić information content (AvgIpc) is 2.31. The highest BCUT2D eigenvalue weighted by Gasteiger charge is 2.06. The van der Waals surface area contributed by atoms with Gasteiger partial charge in [-0.25, -0.2) is 9.68 Å². The summed E-state index contributed by atoms with van der Waals surface area (Å²) in [5.41, 5.74) is 7.22. The minimum Gasteiger partial charge on any atom is -0.399 e. The van der Waals surface area contributed by atoms with E-state index in [9.17, 15) is 0 Å². The molecule has 90 valence electrons. The molecule has 0 amide bonds. The first-order valence-corrected chi connectivity index (χ1v) is 5.69. The van der Waals surface area contributed by atoms with Crippen molar-refractivity contribution in [2.24, 2.45) is 0 Å². The molecule has 0 saturated heterocycles. The van der Waals surface area contributed by atoms with Crippen LogP contribution < -0.4 is 11.0 Å². The SMILES string of the molecule is CCCON(OCCC)c1ccc(N)cc1. The molecule has 0 saturated carbocycles. The minimum atomic E-state index is 0.633. The Morgan fingerprint density at radius 1 is 1.00 bits per heavy atom. The molecule has 0 aliphatic rings. The largest absolute Gasteiger partial charge is 0.399 e. The number of rotatable bonds is 7. The predicted molar refractivity (Wildman–Crippen MR) is 65.8 cm³/mol. The van der Waals surface area contributed by atoms with E-state index in [0.717, 1.165) is 24.2 Å². The van der Waals surface area contributed by atoms with Crippen LogP contribution in [-0.4, -0.2) is 13.2 Å². The van der Waals surface area contributed by atoms with E-state index in [1.165, 1.54) is 5.23 Å². The van der Waals surface area contributed by atoms with Gasteiger partial charge >= 0.3 is 0 Å². The number of nitrogens with two attached hydrogens (primary N) is 1.